The Morgan fingerprint density at radius 2 is 1.90 bits per heavy atom. The fraction of sp³-hybridized carbons (Fsp3) is 0.556. The fourth-order valence-corrected chi connectivity index (χ4v) is 4.91. The first kappa shape index (κ1) is 15.0. The molecule has 3 heteroatoms. The van der Waals surface area contributed by atoms with Crippen molar-refractivity contribution < 1.29 is 0 Å². The summed E-state index contributed by atoms with van der Waals surface area (Å²) in [7, 11) is 4.41. The molecular weight excluding hydrogens is 276 g/mol. The molecule has 0 amide bonds. The average Bonchev–Trinajstić information content (AvgIpc) is 2.91. The van der Waals surface area contributed by atoms with E-state index in [0.29, 0.717) is 0 Å². The molecule has 1 aromatic heterocycles. The Kier molecular flexibility index (Phi) is 4.34. The van der Waals surface area contributed by atoms with Crippen LogP contribution in [0.15, 0.2) is 29.6 Å². The molecule has 2 nitrogen and oxygen atoms in total. The third kappa shape index (κ3) is 2.75. The van der Waals surface area contributed by atoms with E-state index in [1.54, 1.807) is 0 Å². The molecule has 0 spiro atoms. The van der Waals surface area contributed by atoms with Gasteiger partial charge >= 0.3 is 0 Å². The summed E-state index contributed by atoms with van der Waals surface area (Å²) in [5, 5.41) is 3.69. The Balaban J connectivity index is 1.85. The van der Waals surface area contributed by atoms with E-state index in [1.807, 2.05) is 11.3 Å². The maximum atomic E-state index is 6.73. The maximum absolute atomic E-state index is 6.73. The summed E-state index contributed by atoms with van der Waals surface area (Å²) in [5.74, 6) is 0. The van der Waals surface area contributed by atoms with Crippen molar-refractivity contribution in [3.8, 4) is 0 Å². The minimum atomic E-state index is 0.182. The predicted octanol–water partition coefficient (Wildman–Crippen LogP) is 4.04. The SMILES string of the molecule is CN(C)C1(C(N)Cc2csc3ccccc23)CCCCC1. The van der Waals surface area contributed by atoms with Crippen LogP contribution in [0.3, 0.4) is 0 Å². The molecule has 1 unspecified atom stereocenters. The van der Waals surface area contributed by atoms with Crippen molar-refractivity contribution >= 4 is 21.4 Å². The highest BCUT2D eigenvalue weighted by Crippen LogP contribution is 2.36. The topological polar surface area (TPSA) is 29.3 Å². The first-order chi connectivity index (χ1) is 10.1. The van der Waals surface area contributed by atoms with Crippen LogP contribution in [-0.4, -0.2) is 30.6 Å². The number of fused-ring (bicyclic) bond motifs is 1. The van der Waals surface area contributed by atoms with Gasteiger partial charge in [0, 0.05) is 16.3 Å². The van der Waals surface area contributed by atoms with Gasteiger partial charge in [-0.05, 0) is 55.8 Å². The van der Waals surface area contributed by atoms with Gasteiger partial charge < -0.3 is 10.6 Å². The fourth-order valence-electron chi connectivity index (χ4n) is 3.93. The number of benzene rings is 1. The van der Waals surface area contributed by atoms with E-state index in [1.165, 1.54) is 47.8 Å². The number of hydrogen-bond donors (Lipinski definition) is 1. The molecule has 0 radical (unpaired) electrons. The Morgan fingerprint density at radius 3 is 2.62 bits per heavy atom. The minimum absolute atomic E-state index is 0.182. The highest BCUT2D eigenvalue weighted by atomic mass is 32.1. The molecule has 0 saturated heterocycles. The third-order valence-electron chi connectivity index (χ3n) is 5.30. The summed E-state index contributed by atoms with van der Waals surface area (Å²) in [6, 6.07) is 8.90. The number of nitrogens with two attached hydrogens (primary N) is 1. The highest BCUT2D eigenvalue weighted by molar-refractivity contribution is 7.17. The van der Waals surface area contributed by atoms with Crippen LogP contribution < -0.4 is 5.73 Å². The summed E-state index contributed by atoms with van der Waals surface area (Å²) >= 11 is 1.84. The molecule has 1 saturated carbocycles. The van der Waals surface area contributed by atoms with Crippen molar-refractivity contribution in [1.29, 1.82) is 0 Å². The standard InChI is InChI=1S/C18H26N2S/c1-20(2)18(10-6-3-7-11-18)17(19)12-14-13-21-16-9-5-4-8-15(14)16/h4-5,8-9,13,17H,3,6-7,10-12,19H2,1-2H3. The van der Waals surface area contributed by atoms with E-state index in [2.05, 4.69) is 48.6 Å². The van der Waals surface area contributed by atoms with Gasteiger partial charge in [-0.25, -0.2) is 0 Å². The lowest BCUT2D eigenvalue weighted by Gasteiger charge is -2.47. The van der Waals surface area contributed by atoms with Crippen LogP contribution in [0.2, 0.25) is 0 Å². The van der Waals surface area contributed by atoms with E-state index < -0.39 is 0 Å². The molecule has 1 atom stereocenters. The van der Waals surface area contributed by atoms with Crippen molar-refractivity contribution in [2.24, 2.45) is 5.73 Å². The molecule has 114 valence electrons. The zero-order valence-corrected chi connectivity index (χ0v) is 14.0. The summed E-state index contributed by atoms with van der Waals surface area (Å²) in [6.45, 7) is 0. The molecule has 2 N–H and O–H groups in total. The first-order valence-corrected chi connectivity index (χ1v) is 8.89. The Morgan fingerprint density at radius 1 is 1.19 bits per heavy atom. The molecule has 1 fully saturated rings. The van der Waals surface area contributed by atoms with Crippen molar-refractivity contribution in [2.45, 2.75) is 50.1 Å². The van der Waals surface area contributed by atoms with Gasteiger partial charge in [-0.15, -0.1) is 11.3 Å². The molecule has 1 heterocycles. The van der Waals surface area contributed by atoms with Crippen LogP contribution in [-0.2, 0) is 6.42 Å². The van der Waals surface area contributed by atoms with Gasteiger partial charge in [0.05, 0.1) is 0 Å². The molecule has 0 bridgehead atoms. The number of nitrogens with zero attached hydrogens (tertiary/aromatic N) is 1. The van der Waals surface area contributed by atoms with E-state index in [9.17, 15) is 0 Å². The molecule has 1 aliphatic rings. The van der Waals surface area contributed by atoms with Gasteiger partial charge in [-0.3, -0.25) is 0 Å². The largest absolute Gasteiger partial charge is 0.326 e. The smallest absolute Gasteiger partial charge is 0.0357 e. The second-order valence-electron chi connectivity index (χ2n) is 6.63. The van der Waals surface area contributed by atoms with Crippen molar-refractivity contribution in [2.75, 3.05) is 14.1 Å². The zero-order valence-electron chi connectivity index (χ0n) is 13.1. The van der Waals surface area contributed by atoms with Crippen LogP contribution in [0.5, 0.6) is 0 Å². The Hall–Kier alpha value is -0.900. The molecular formula is C18H26N2S. The lowest BCUT2D eigenvalue weighted by molar-refractivity contribution is 0.0717. The van der Waals surface area contributed by atoms with Crippen LogP contribution in [0.25, 0.3) is 10.1 Å². The number of likely N-dealkylation sites (N-methyl/N-ethyl adjacent to an activating group) is 1. The monoisotopic (exact) mass is 302 g/mol. The van der Waals surface area contributed by atoms with Crippen LogP contribution >= 0.6 is 11.3 Å². The van der Waals surface area contributed by atoms with Gasteiger partial charge in [0.15, 0.2) is 0 Å². The predicted molar refractivity (Wildman–Crippen MR) is 93.0 cm³/mol. The second kappa shape index (κ2) is 6.07. The summed E-state index contributed by atoms with van der Waals surface area (Å²) < 4.78 is 1.38. The molecule has 0 aliphatic heterocycles. The minimum Gasteiger partial charge on any atom is -0.326 e. The molecule has 3 rings (SSSR count). The maximum Gasteiger partial charge on any atom is 0.0357 e. The Labute approximate surface area is 131 Å². The summed E-state index contributed by atoms with van der Waals surface area (Å²) in [6.07, 6.45) is 7.46. The third-order valence-corrected chi connectivity index (χ3v) is 6.31. The van der Waals surface area contributed by atoms with Gasteiger partial charge in [-0.2, -0.15) is 0 Å². The second-order valence-corrected chi connectivity index (χ2v) is 7.54. The quantitative estimate of drug-likeness (QED) is 0.923. The van der Waals surface area contributed by atoms with Crippen LogP contribution in [0.4, 0.5) is 0 Å². The molecule has 1 aliphatic carbocycles. The van der Waals surface area contributed by atoms with Crippen LogP contribution in [0, 0.1) is 0 Å². The summed E-state index contributed by atoms with van der Waals surface area (Å²) in [4.78, 5) is 2.39. The number of hydrogen-bond acceptors (Lipinski definition) is 3. The van der Waals surface area contributed by atoms with Gasteiger partial charge in [0.25, 0.3) is 0 Å². The lowest BCUT2D eigenvalue weighted by Crippen LogP contribution is -2.59. The average molecular weight is 302 g/mol. The van der Waals surface area contributed by atoms with Crippen molar-refractivity contribution in [3.05, 3.63) is 35.2 Å². The van der Waals surface area contributed by atoms with Gasteiger partial charge in [0.2, 0.25) is 0 Å². The van der Waals surface area contributed by atoms with Crippen molar-refractivity contribution in [3.63, 3.8) is 0 Å². The van der Waals surface area contributed by atoms with E-state index in [4.69, 9.17) is 5.73 Å². The normalized spacial score (nSPS) is 20.0. The van der Waals surface area contributed by atoms with Gasteiger partial charge in [0.1, 0.15) is 0 Å². The number of thiophene rings is 1. The highest BCUT2D eigenvalue weighted by Gasteiger charge is 2.39. The Bertz CT molecular complexity index is 596. The summed E-state index contributed by atoms with van der Waals surface area (Å²) in [5.41, 5.74) is 8.34. The zero-order chi connectivity index (χ0) is 14.9. The van der Waals surface area contributed by atoms with E-state index >= 15 is 0 Å². The molecule has 2 aromatic rings. The van der Waals surface area contributed by atoms with E-state index in [-0.39, 0.29) is 11.6 Å². The van der Waals surface area contributed by atoms with Crippen molar-refractivity contribution in [1.82, 2.24) is 4.90 Å². The lowest BCUT2D eigenvalue weighted by atomic mass is 9.74. The van der Waals surface area contributed by atoms with Gasteiger partial charge in [-0.1, -0.05) is 37.5 Å². The number of rotatable bonds is 4. The molecule has 21 heavy (non-hydrogen) atoms. The first-order valence-electron chi connectivity index (χ1n) is 8.01. The van der Waals surface area contributed by atoms with E-state index in [0.717, 1.165) is 6.42 Å². The van der Waals surface area contributed by atoms with Crippen LogP contribution in [0.1, 0.15) is 37.7 Å². The molecule has 1 aromatic carbocycles.